The van der Waals surface area contributed by atoms with Gasteiger partial charge in [-0.05, 0) is 6.92 Å². The molecule has 4 amide bonds. The minimum absolute atomic E-state index is 0.797. The standard InChI is InChI=1S/C67H112N4O49/c1-15-33(84)43(94)49(100)64(104-15)119-56-46(97)37(88)22(7-73)108-65(56)116-53-32(71-19(5)82)61(106-24(9-75)38(53)89)114-51-26(11-77)111-60(31(41(51)92)70-18(4)81)118-55-45(96)36(87)23(8-74)109-66(55)117-54-39(90)28(14-103-62-48(99)44(95)35(86)21(6-72)107-62)112-67(57(54)120-63-47(98)34(85)20(83)13-102-63)115-52-27(12-78)110-59(30(42(52)93)69-17(3)80)113-50-25(10-76)105-58(101)29(40(50)91)68-16(2)79/h15,20-67,72-78,83-101H,6-14H2,1-5H3,(H,68,79)(H,69,80)(H,70,81)(H,71,82)/t15-,20+,21+,22+,23+,24+,25+,26+,27+,28+,29+,30+,31+,32+,33+,34-,35+,36+,37-,38-,39+,40+,41+,42+,43+,44-,45-,46-,47+,48-,49-,50+,51+,52+,53+,54-,55-,56+,57-,58?,59-,60-,61-,62-,63-,64-,65-,66+,67-/m0/s1. The third kappa shape index (κ3) is 21.6. The van der Waals surface area contributed by atoms with Gasteiger partial charge in [-0.25, -0.2) is 0 Å². The Morgan fingerprint density at radius 2 is 0.583 bits per heavy atom. The lowest BCUT2D eigenvalue weighted by Crippen LogP contribution is -2.72. The van der Waals surface area contributed by atoms with Crippen LogP contribution in [-0.4, -0.2) is 517 Å². The van der Waals surface area contributed by atoms with Gasteiger partial charge in [-0.3, -0.25) is 19.2 Å². The van der Waals surface area contributed by atoms with E-state index in [0.717, 1.165) is 27.7 Å². The van der Waals surface area contributed by atoms with Crippen LogP contribution in [0.3, 0.4) is 0 Å². The van der Waals surface area contributed by atoms with E-state index in [9.17, 15) is 152 Å². The first-order valence-corrected chi connectivity index (χ1v) is 38.4. The van der Waals surface area contributed by atoms with Gasteiger partial charge >= 0.3 is 0 Å². The summed E-state index contributed by atoms with van der Waals surface area (Å²) in [5, 5.41) is 300. The fourth-order valence-electron chi connectivity index (χ4n) is 15.6. The number of amides is 4. The van der Waals surface area contributed by atoms with Crippen molar-refractivity contribution in [1.29, 1.82) is 0 Å². The normalized spacial score (nSPS) is 49.7. The van der Waals surface area contributed by atoms with Crippen LogP contribution in [0, 0.1) is 0 Å². The van der Waals surface area contributed by atoms with Crippen LogP contribution in [0.2, 0.25) is 0 Å². The molecule has 0 bridgehead atoms. The van der Waals surface area contributed by atoms with E-state index in [2.05, 4.69) is 21.3 Å². The second-order valence-electron chi connectivity index (χ2n) is 30.5. The van der Waals surface area contributed by atoms with E-state index in [4.69, 9.17) is 90.0 Å². The average Bonchev–Trinajstić information content (AvgIpc) is 0.759. The van der Waals surface area contributed by atoms with Gasteiger partial charge in [0.05, 0.1) is 65.6 Å². The molecule has 10 aliphatic heterocycles. The summed E-state index contributed by atoms with van der Waals surface area (Å²) in [6, 6.07) is -7.69. The Kier molecular flexibility index (Phi) is 35.0. The maximum atomic E-state index is 13.4. The van der Waals surface area contributed by atoms with Crippen LogP contribution >= 0.6 is 0 Å². The monoisotopic (exact) mass is 1760 g/mol. The first-order chi connectivity index (χ1) is 56.8. The van der Waals surface area contributed by atoms with Gasteiger partial charge in [0.15, 0.2) is 62.9 Å². The molecule has 0 spiro atoms. The van der Waals surface area contributed by atoms with E-state index in [1.165, 1.54) is 6.92 Å². The maximum Gasteiger partial charge on any atom is 0.217 e. The van der Waals surface area contributed by atoms with Crippen molar-refractivity contribution >= 4 is 23.6 Å². The molecule has 0 radical (unpaired) electrons. The number of carbonyl (C=O) groups is 4. The molecular weight excluding hydrogens is 1640 g/mol. The molecule has 0 saturated carbocycles. The SMILES string of the molecule is CC(=O)N[C@H]1[C@H](O[C@@H]2[C@@H](O[C@H]3[C@H](O)[C@@H](CO[C@H]4O[C@H](CO)[C@@H](O)[C@H](O)[C@@H]4O)O[C@@H](O[C@H]4[C@H](O)[C@@H](NC(C)=O)[C@H](O[C@H]5[C@H](O)[C@@H](NC(C)=O)C(O)O[C@@H]5CO)O[C@@H]4CO)[C@H]3O[C@@H]3OC[C@@H](O)[C@H](O)[C@H]3O)O[C@H](CO)[C@@H](O)[C@@H]2O)O[C@H](CO)[C@@H](O[C@@H]2O[C@H](CO)[C@H](O)[C@H](O[C@@H]3O[C@H](CO)[C@H](O)[C@H](O)[C@H]3O[C@@H]3O[C@@H](C)[C@@H](O)[C@@H](O)[C@@H]3O)[C@H]2NC(C)=O)[C@@H]1O. The molecule has 0 aliphatic carbocycles. The lowest BCUT2D eigenvalue weighted by atomic mass is 9.93. The smallest absolute Gasteiger partial charge is 0.217 e. The first kappa shape index (κ1) is 98.3. The van der Waals surface area contributed by atoms with E-state index in [-0.39, 0.29) is 0 Å². The molecule has 0 aromatic heterocycles. The molecule has 53 nitrogen and oxygen atoms in total. The maximum absolute atomic E-state index is 13.4. The Morgan fingerprint density at radius 3 is 1.07 bits per heavy atom. The van der Waals surface area contributed by atoms with E-state index in [1.54, 1.807) is 0 Å². The van der Waals surface area contributed by atoms with E-state index < -0.39 is 384 Å². The van der Waals surface area contributed by atoms with Crippen molar-refractivity contribution in [2.24, 2.45) is 0 Å². The van der Waals surface area contributed by atoms with Gasteiger partial charge in [0.1, 0.15) is 232 Å². The van der Waals surface area contributed by atoms with E-state index in [1.807, 2.05) is 0 Å². The molecule has 10 aliphatic rings. The molecule has 1 unspecified atom stereocenters. The molecule has 49 atom stereocenters. The number of rotatable bonds is 30. The number of aliphatic hydroxyl groups is 26. The van der Waals surface area contributed by atoms with Crippen molar-refractivity contribution in [3.8, 4) is 0 Å². The highest BCUT2D eigenvalue weighted by atomic mass is 16.8. The van der Waals surface area contributed by atoms with Gasteiger partial charge in [0, 0.05) is 27.7 Å². The Morgan fingerprint density at radius 1 is 0.267 bits per heavy atom. The van der Waals surface area contributed by atoms with Crippen LogP contribution in [0.1, 0.15) is 34.6 Å². The zero-order valence-corrected chi connectivity index (χ0v) is 64.7. The average molecular weight is 1760 g/mol. The Hall–Kier alpha value is -3.92. The van der Waals surface area contributed by atoms with Crippen LogP contribution in [0.5, 0.6) is 0 Å². The zero-order chi connectivity index (χ0) is 88.2. The molecule has 120 heavy (non-hydrogen) atoms. The highest BCUT2D eigenvalue weighted by molar-refractivity contribution is 5.74. The lowest BCUT2D eigenvalue weighted by molar-refractivity contribution is -0.411. The minimum atomic E-state index is -2.52. The molecule has 0 aromatic rings. The molecule has 10 fully saturated rings. The van der Waals surface area contributed by atoms with E-state index in [0.29, 0.717) is 0 Å². The largest absolute Gasteiger partial charge is 0.394 e. The quantitative estimate of drug-likeness (QED) is 0.0318. The third-order valence-corrected chi connectivity index (χ3v) is 22.0. The van der Waals surface area contributed by atoms with Crippen LogP contribution in [0.4, 0.5) is 0 Å². The van der Waals surface area contributed by atoms with Crippen LogP contribution in [0.25, 0.3) is 0 Å². The van der Waals surface area contributed by atoms with Crippen LogP contribution < -0.4 is 21.3 Å². The molecule has 10 heterocycles. The summed E-state index contributed by atoms with van der Waals surface area (Å²) in [6.45, 7) is -4.88. The number of carbonyl (C=O) groups excluding carboxylic acids is 4. The van der Waals surface area contributed by atoms with Crippen molar-refractivity contribution in [2.45, 2.75) is 335 Å². The topological polar surface area (TPSA) is 818 Å². The highest BCUT2D eigenvalue weighted by Gasteiger charge is 2.62. The fourth-order valence-corrected chi connectivity index (χ4v) is 15.6. The number of hydrogen-bond donors (Lipinski definition) is 30. The van der Waals surface area contributed by atoms with Crippen molar-refractivity contribution in [2.75, 3.05) is 59.5 Å². The van der Waals surface area contributed by atoms with Crippen molar-refractivity contribution < 1.29 is 242 Å². The van der Waals surface area contributed by atoms with Crippen molar-refractivity contribution in [3.63, 3.8) is 0 Å². The van der Waals surface area contributed by atoms with Gasteiger partial charge in [-0.1, -0.05) is 0 Å². The Bertz CT molecular complexity index is 3230. The van der Waals surface area contributed by atoms with Crippen LogP contribution in [0.15, 0.2) is 0 Å². The summed E-state index contributed by atoms with van der Waals surface area (Å²) in [4.78, 5) is 52.0. The molecule has 0 aromatic carbocycles. The molecule has 10 rings (SSSR count). The molecule has 53 heteroatoms. The third-order valence-electron chi connectivity index (χ3n) is 22.0. The number of ether oxygens (including phenoxy) is 19. The molecular formula is C67H112N4O49. The fraction of sp³-hybridized carbons (Fsp3) is 0.940. The van der Waals surface area contributed by atoms with Crippen molar-refractivity contribution in [1.82, 2.24) is 21.3 Å². The second kappa shape index (κ2) is 42.8. The lowest BCUT2D eigenvalue weighted by Gasteiger charge is -2.52. The predicted octanol–water partition coefficient (Wildman–Crippen LogP) is -20.6. The van der Waals surface area contributed by atoms with E-state index >= 15 is 0 Å². The number of aliphatic hydroxyl groups excluding tert-OH is 26. The number of nitrogens with one attached hydrogen (secondary N) is 4. The van der Waals surface area contributed by atoms with Gasteiger partial charge in [-0.2, -0.15) is 0 Å². The highest BCUT2D eigenvalue weighted by Crippen LogP contribution is 2.42. The first-order valence-electron chi connectivity index (χ1n) is 38.4. The minimum Gasteiger partial charge on any atom is -0.394 e. The molecule has 30 N–H and O–H groups in total. The summed E-state index contributed by atoms with van der Waals surface area (Å²) in [7, 11) is 0. The molecule has 10 saturated heterocycles. The summed E-state index contributed by atoms with van der Waals surface area (Å²) >= 11 is 0. The van der Waals surface area contributed by atoms with Crippen LogP contribution in [-0.2, 0) is 109 Å². The van der Waals surface area contributed by atoms with Crippen molar-refractivity contribution in [3.05, 3.63) is 0 Å². The zero-order valence-electron chi connectivity index (χ0n) is 64.7. The van der Waals surface area contributed by atoms with Gasteiger partial charge in [0.25, 0.3) is 0 Å². The van der Waals surface area contributed by atoms with Gasteiger partial charge in [0.2, 0.25) is 23.6 Å². The molecule has 694 valence electrons. The van der Waals surface area contributed by atoms with Gasteiger partial charge < -0.3 is 244 Å². The second-order valence-corrected chi connectivity index (χ2v) is 30.5. The summed E-state index contributed by atoms with van der Waals surface area (Å²) in [6.07, 6.45) is -94.3. The number of hydrogen-bond acceptors (Lipinski definition) is 49. The predicted molar refractivity (Wildman–Crippen MR) is 369 cm³/mol. The summed E-state index contributed by atoms with van der Waals surface area (Å²) < 4.78 is 114. The van der Waals surface area contributed by atoms with Gasteiger partial charge in [-0.15, -0.1) is 0 Å². The Balaban J connectivity index is 0.996. The summed E-state index contributed by atoms with van der Waals surface area (Å²) in [5.41, 5.74) is 0. The summed E-state index contributed by atoms with van der Waals surface area (Å²) in [5.74, 6) is -3.76. The Labute approximate surface area is 679 Å².